The standard InChI is InChI=1S/C14H30N2O/c1-12(2)8-16(9-13(3)11-17-4)10-14-6-5-7-15-14/h12-15H,5-11H2,1-4H3. The van der Waals surface area contributed by atoms with Crippen molar-refractivity contribution < 1.29 is 4.74 Å². The van der Waals surface area contributed by atoms with Crippen molar-refractivity contribution in [1.82, 2.24) is 10.2 Å². The first-order valence-corrected chi connectivity index (χ1v) is 7.06. The second kappa shape index (κ2) is 8.06. The van der Waals surface area contributed by atoms with Gasteiger partial charge in [0, 0.05) is 39.4 Å². The molecule has 1 N–H and O–H groups in total. The van der Waals surface area contributed by atoms with E-state index < -0.39 is 0 Å². The minimum Gasteiger partial charge on any atom is -0.384 e. The molecule has 0 amide bonds. The molecule has 1 aliphatic rings. The van der Waals surface area contributed by atoms with E-state index in [4.69, 9.17) is 4.74 Å². The van der Waals surface area contributed by atoms with Crippen molar-refractivity contribution in [1.29, 1.82) is 0 Å². The van der Waals surface area contributed by atoms with Crippen molar-refractivity contribution >= 4 is 0 Å². The van der Waals surface area contributed by atoms with Gasteiger partial charge in [-0.3, -0.25) is 0 Å². The van der Waals surface area contributed by atoms with Crippen LogP contribution in [0.2, 0.25) is 0 Å². The Morgan fingerprint density at radius 2 is 2.06 bits per heavy atom. The van der Waals surface area contributed by atoms with Crippen LogP contribution >= 0.6 is 0 Å². The summed E-state index contributed by atoms with van der Waals surface area (Å²) in [6.07, 6.45) is 2.68. The van der Waals surface area contributed by atoms with Crippen LogP contribution in [0.15, 0.2) is 0 Å². The third-order valence-corrected chi connectivity index (χ3v) is 3.29. The summed E-state index contributed by atoms with van der Waals surface area (Å²) in [7, 11) is 1.79. The SMILES string of the molecule is COCC(C)CN(CC(C)C)CC1CCCN1. The minimum atomic E-state index is 0.625. The smallest absolute Gasteiger partial charge is 0.0500 e. The van der Waals surface area contributed by atoms with Gasteiger partial charge in [-0.1, -0.05) is 20.8 Å². The van der Waals surface area contributed by atoms with Crippen LogP contribution in [-0.2, 0) is 4.74 Å². The average molecular weight is 242 g/mol. The molecule has 1 fully saturated rings. The van der Waals surface area contributed by atoms with Crippen molar-refractivity contribution in [3.8, 4) is 0 Å². The maximum absolute atomic E-state index is 5.24. The molecule has 2 unspecified atom stereocenters. The highest BCUT2D eigenvalue weighted by Gasteiger charge is 2.19. The number of rotatable bonds is 8. The molecular weight excluding hydrogens is 212 g/mol. The zero-order chi connectivity index (χ0) is 12.7. The summed E-state index contributed by atoms with van der Waals surface area (Å²) < 4.78 is 5.24. The van der Waals surface area contributed by atoms with Gasteiger partial charge in [0.25, 0.3) is 0 Å². The number of hydrogen-bond donors (Lipinski definition) is 1. The molecule has 3 heteroatoms. The number of methoxy groups -OCH3 is 1. The Kier molecular flexibility index (Phi) is 7.09. The molecule has 0 aromatic rings. The van der Waals surface area contributed by atoms with Crippen molar-refractivity contribution in [2.45, 2.75) is 39.7 Å². The molecule has 102 valence electrons. The Hall–Kier alpha value is -0.120. The molecule has 0 bridgehead atoms. The number of ether oxygens (including phenoxy) is 1. The van der Waals surface area contributed by atoms with Gasteiger partial charge in [-0.15, -0.1) is 0 Å². The van der Waals surface area contributed by atoms with Crippen LogP contribution in [-0.4, -0.2) is 50.8 Å². The summed E-state index contributed by atoms with van der Waals surface area (Å²) in [5.41, 5.74) is 0. The van der Waals surface area contributed by atoms with E-state index in [9.17, 15) is 0 Å². The monoisotopic (exact) mass is 242 g/mol. The van der Waals surface area contributed by atoms with E-state index in [1.165, 1.54) is 32.5 Å². The van der Waals surface area contributed by atoms with Gasteiger partial charge in [-0.05, 0) is 31.2 Å². The number of hydrogen-bond acceptors (Lipinski definition) is 3. The van der Waals surface area contributed by atoms with E-state index in [0.29, 0.717) is 12.0 Å². The van der Waals surface area contributed by atoms with Gasteiger partial charge in [0.2, 0.25) is 0 Å². The molecule has 2 atom stereocenters. The summed E-state index contributed by atoms with van der Waals surface area (Å²) in [6.45, 7) is 12.5. The minimum absolute atomic E-state index is 0.625. The van der Waals surface area contributed by atoms with Gasteiger partial charge in [0.1, 0.15) is 0 Å². The van der Waals surface area contributed by atoms with Crippen LogP contribution in [0, 0.1) is 11.8 Å². The molecule has 1 heterocycles. The Labute approximate surface area is 107 Å². The summed E-state index contributed by atoms with van der Waals surface area (Å²) in [5, 5.41) is 3.59. The van der Waals surface area contributed by atoms with E-state index in [0.717, 1.165) is 19.1 Å². The fourth-order valence-electron chi connectivity index (χ4n) is 2.74. The topological polar surface area (TPSA) is 24.5 Å². The van der Waals surface area contributed by atoms with E-state index in [1.807, 2.05) is 0 Å². The lowest BCUT2D eigenvalue weighted by molar-refractivity contribution is 0.120. The molecule has 1 rings (SSSR count). The van der Waals surface area contributed by atoms with Gasteiger partial charge < -0.3 is 15.0 Å². The Morgan fingerprint density at radius 3 is 2.59 bits per heavy atom. The Bertz CT molecular complexity index is 191. The van der Waals surface area contributed by atoms with Gasteiger partial charge in [0.05, 0.1) is 0 Å². The molecule has 0 radical (unpaired) electrons. The third kappa shape index (κ3) is 6.39. The van der Waals surface area contributed by atoms with Crippen molar-refractivity contribution in [2.75, 3.05) is 39.9 Å². The number of nitrogens with one attached hydrogen (secondary N) is 1. The zero-order valence-electron chi connectivity index (χ0n) is 12.0. The Morgan fingerprint density at radius 1 is 1.29 bits per heavy atom. The molecule has 0 aromatic carbocycles. The van der Waals surface area contributed by atoms with Crippen molar-refractivity contribution in [3.05, 3.63) is 0 Å². The molecule has 3 nitrogen and oxygen atoms in total. The van der Waals surface area contributed by atoms with Crippen LogP contribution in [0.3, 0.4) is 0 Å². The van der Waals surface area contributed by atoms with Gasteiger partial charge in [0.15, 0.2) is 0 Å². The summed E-state index contributed by atoms with van der Waals surface area (Å²) in [4.78, 5) is 2.61. The molecule has 1 aliphatic heterocycles. The van der Waals surface area contributed by atoms with Crippen LogP contribution in [0.1, 0.15) is 33.6 Å². The third-order valence-electron chi connectivity index (χ3n) is 3.29. The fourth-order valence-corrected chi connectivity index (χ4v) is 2.74. The quantitative estimate of drug-likeness (QED) is 0.704. The number of nitrogens with zero attached hydrogens (tertiary/aromatic N) is 1. The summed E-state index contributed by atoms with van der Waals surface area (Å²) in [6, 6.07) is 0.712. The lowest BCUT2D eigenvalue weighted by Gasteiger charge is -2.29. The highest BCUT2D eigenvalue weighted by atomic mass is 16.5. The maximum atomic E-state index is 5.24. The lowest BCUT2D eigenvalue weighted by Crippen LogP contribution is -2.41. The van der Waals surface area contributed by atoms with Crippen LogP contribution in [0.4, 0.5) is 0 Å². The van der Waals surface area contributed by atoms with E-state index >= 15 is 0 Å². The van der Waals surface area contributed by atoms with E-state index in [2.05, 4.69) is 31.0 Å². The molecule has 0 aromatic heterocycles. The van der Waals surface area contributed by atoms with Crippen LogP contribution in [0.25, 0.3) is 0 Å². The molecule has 0 aliphatic carbocycles. The largest absolute Gasteiger partial charge is 0.384 e. The van der Waals surface area contributed by atoms with Crippen molar-refractivity contribution in [3.63, 3.8) is 0 Å². The van der Waals surface area contributed by atoms with Crippen LogP contribution in [0.5, 0.6) is 0 Å². The second-order valence-electron chi connectivity index (χ2n) is 5.97. The predicted molar refractivity (Wildman–Crippen MR) is 73.3 cm³/mol. The average Bonchev–Trinajstić information content (AvgIpc) is 2.69. The van der Waals surface area contributed by atoms with Crippen LogP contribution < -0.4 is 5.32 Å². The summed E-state index contributed by atoms with van der Waals surface area (Å²) >= 11 is 0. The van der Waals surface area contributed by atoms with Gasteiger partial charge >= 0.3 is 0 Å². The van der Waals surface area contributed by atoms with Gasteiger partial charge in [-0.2, -0.15) is 0 Å². The highest BCUT2D eigenvalue weighted by molar-refractivity contribution is 4.79. The molecule has 17 heavy (non-hydrogen) atoms. The van der Waals surface area contributed by atoms with E-state index in [-0.39, 0.29) is 0 Å². The predicted octanol–water partition coefficient (Wildman–Crippen LogP) is 1.98. The molecule has 0 saturated carbocycles. The van der Waals surface area contributed by atoms with Gasteiger partial charge in [-0.25, -0.2) is 0 Å². The first-order chi connectivity index (χ1) is 8.11. The normalized spacial score (nSPS) is 22.6. The Balaban J connectivity index is 2.35. The second-order valence-corrected chi connectivity index (χ2v) is 5.97. The zero-order valence-corrected chi connectivity index (χ0v) is 12.0. The molecule has 1 saturated heterocycles. The molecule has 0 spiro atoms. The first-order valence-electron chi connectivity index (χ1n) is 7.06. The highest BCUT2D eigenvalue weighted by Crippen LogP contribution is 2.11. The summed E-state index contributed by atoms with van der Waals surface area (Å²) in [5.74, 6) is 1.37. The fraction of sp³-hybridized carbons (Fsp3) is 1.00. The van der Waals surface area contributed by atoms with E-state index in [1.54, 1.807) is 7.11 Å². The lowest BCUT2D eigenvalue weighted by atomic mass is 10.1. The molecular formula is C14H30N2O. The first kappa shape index (κ1) is 14.9. The van der Waals surface area contributed by atoms with Crippen molar-refractivity contribution in [2.24, 2.45) is 11.8 Å². The maximum Gasteiger partial charge on any atom is 0.0500 e.